The Hall–Kier alpha value is -2.07. The quantitative estimate of drug-likeness (QED) is 0.805. The first kappa shape index (κ1) is 18.3. The van der Waals surface area contributed by atoms with Gasteiger partial charge in [-0.3, -0.25) is 9.69 Å². The topological polar surface area (TPSA) is 41.6 Å². The Morgan fingerprint density at radius 2 is 1.92 bits per heavy atom. The van der Waals surface area contributed by atoms with Crippen LogP contribution >= 0.6 is 0 Å². The lowest BCUT2D eigenvalue weighted by molar-refractivity contribution is -0.122. The van der Waals surface area contributed by atoms with Crippen LogP contribution in [0.3, 0.4) is 0 Å². The molecule has 2 rings (SSSR count). The van der Waals surface area contributed by atoms with Gasteiger partial charge in [0.1, 0.15) is 5.75 Å². The third kappa shape index (κ3) is 5.24. The molecule has 1 unspecified atom stereocenters. The van der Waals surface area contributed by atoms with Crippen LogP contribution in [-0.2, 0) is 11.3 Å². The molecule has 0 aromatic heterocycles. The molecular weight excluding hydrogens is 300 g/mol. The van der Waals surface area contributed by atoms with E-state index in [1.165, 1.54) is 10.9 Å². The first-order valence-electron chi connectivity index (χ1n) is 8.56. The molecule has 0 aliphatic heterocycles. The van der Waals surface area contributed by atoms with Gasteiger partial charge in [0, 0.05) is 12.6 Å². The minimum Gasteiger partial charge on any atom is -0.497 e. The van der Waals surface area contributed by atoms with Crippen molar-refractivity contribution < 1.29 is 9.53 Å². The van der Waals surface area contributed by atoms with Gasteiger partial charge >= 0.3 is 0 Å². The van der Waals surface area contributed by atoms with E-state index < -0.39 is 0 Å². The first-order valence-corrected chi connectivity index (χ1v) is 8.56. The molecule has 0 spiro atoms. The van der Waals surface area contributed by atoms with Crippen molar-refractivity contribution in [2.45, 2.75) is 39.3 Å². The van der Waals surface area contributed by atoms with Gasteiger partial charge in [-0.1, -0.05) is 31.5 Å². The molecule has 0 fully saturated rings. The molecule has 4 heteroatoms. The number of carbonyl (C=O) groups excluding carboxylic acids is 1. The Balaban J connectivity index is 1.95. The van der Waals surface area contributed by atoms with Crippen molar-refractivity contribution in [3.63, 3.8) is 0 Å². The van der Waals surface area contributed by atoms with E-state index in [1.54, 1.807) is 7.11 Å². The van der Waals surface area contributed by atoms with Crippen LogP contribution in [0.5, 0.6) is 5.75 Å². The molecule has 2 aromatic rings. The van der Waals surface area contributed by atoms with Gasteiger partial charge in [0.25, 0.3) is 0 Å². The van der Waals surface area contributed by atoms with Crippen LogP contribution in [-0.4, -0.2) is 37.6 Å². The van der Waals surface area contributed by atoms with Crippen molar-refractivity contribution in [1.29, 1.82) is 0 Å². The summed E-state index contributed by atoms with van der Waals surface area (Å²) in [5, 5.41) is 5.39. The standard InChI is InChI=1S/C20H28N2O2/c1-5-6-15(2)21-20(23)14-22(3)13-16-7-8-18-12-19(24-4)10-9-17(18)11-16/h7-12,15H,5-6,13-14H2,1-4H3,(H,21,23). The van der Waals surface area contributed by atoms with E-state index in [1.807, 2.05) is 24.1 Å². The fourth-order valence-electron chi connectivity index (χ4n) is 2.94. The molecule has 0 aliphatic carbocycles. The van der Waals surface area contributed by atoms with Gasteiger partial charge in [0.15, 0.2) is 0 Å². The van der Waals surface area contributed by atoms with Crippen molar-refractivity contribution in [3.05, 3.63) is 42.0 Å². The number of methoxy groups -OCH3 is 1. The van der Waals surface area contributed by atoms with Crippen LogP contribution in [0.2, 0.25) is 0 Å². The highest BCUT2D eigenvalue weighted by molar-refractivity contribution is 5.84. The number of hydrogen-bond acceptors (Lipinski definition) is 3. The lowest BCUT2D eigenvalue weighted by atomic mass is 10.1. The molecule has 0 heterocycles. The fraction of sp³-hybridized carbons (Fsp3) is 0.450. The van der Waals surface area contributed by atoms with Crippen molar-refractivity contribution in [2.75, 3.05) is 20.7 Å². The molecular formula is C20H28N2O2. The summed E-state index contributed by atoms with van der Waals surface area (Å²) >= 11 is 0. The van der Waals surface area contributed by atoms with Gasteiger partial charge < -0.3 is 10.1 Å². The summed E-state index contributed by atoms with van der Waals surface area (Å²) in [7, 11) is 3.65. The molecule has 1 atom stereocenters. The average molecular weight is 328 g/mol. The number of rotatable bonds is 8. The second-order valence-corrected chi connectivity index (χ2v) is 6.48. The zero-order valence-corrected chi connectivity index (χ0v) is 15.1. The highest BCUT2D eigenvalue weighted by atomic mass is 16.5. The van der Waals surface area contributed by atoms with Gasteiger partial charge in [-0.05, 0) is 54.9 Å². The summed E-state index contributed by atoms with van der Waals surface area (Å²) in [4.78, 5) is 14.1. The monoisotopic (exact) mass is 328 g/mol. The third-order valence-corrected chi connectivity index (χ3v) is 4.11. The van der Waals surface area contributed by atoms with Crippen LogP contribution in [0.25, 0.3) is 10.8 Å². The second-order valence-electron chi connectivity index (χ2n) is 6.48. The van der Waals surface area contributed by atoms with Gasteiger partial charge in [-0.2, -0.15) is 0 Å². The van der Waals surface area contributed by atoms with E-state index in [4.69, 9.17) is 4.74 Å². The zero-order valence-electron chi connectivity index (χ0n) is 15.1. The number of ether oxygens (including phenoxy) is 1. The van der Waals surface area contributed by atoms with Crippen LogP contribution in [0.1, 0.15) is 32.3 Å². The maximum Gasteiger partial charge on any atom is 0.234 e. The Bertz CT molecular complexity index is 684. The molecule has 4 nitrogen and oxygen atoms in total. The minimum absolute atomic E-state index is 0.0870. The Labute approximate surface area is 144 Å². The molecule has 0 saturated carbocycles. The highest BCUT2D eigenvalue weighted by Crippen LogP contribution is 2.22. The van der Waals surface area contributed by atoms with Crippen LogP contribution in [0.4, 0.5) is 0 Å². The summed E-state index contributed by atoms with van der Waals surface area (Å²) in [5.74, 6) is 0.953. The van der Waals surface area contributed by atoms with Crippen molar-refractivity contribution in [3.8, 4) is 5.75 Å². The lowest BCUT2D eigenvalue weighted by Gasteiger charge is -2.19. The summed E-state index contributed by atoms with van der Waals surface area (Å²) in [6, 6.07) is 12.7. The molecule has 1 amide bonds. The average Bonchev–Trinajstić information content (AvgIpc) is 2.54. The van der Waals surface area contributed by atoms with Crippen molar-refractivity contribution in [1.82, 2.24) is 10.2 Å². The maximum absolute atomic E-state index is 12.0. The predicted molar refractivity (Wildman–Crippen MR) is 99.3 cm³/mol. The molecule has 1 N–H and O–H groups in total. The smallest absolute Gasteiger partial charge is 0.234 e. The van der Waals surface area contributed by atoms with E-state index in [0.717, 1.165) is 30.5 Å². The Morgan fingerprint density at radius 3 is 2.62 bits per heavy atom. The molecule has 0 aliphatic rings. The van der Waals surface area contributed by atoms with Crippen molar-refractivity contribution >= 4 is 16.7 Å². The molecule has 0 bridgehead atoms. The summed E-state index contributed by atoms with van der Waals surface area (Å²) < 4.78 is 5.26. The predicted octanol–water partition coefficient (Wildman–Crippen LogP) is 3.59. The van der Waals surface area contributed by atoms with Gasteiger partial charge in [0.05, 0.1) is 13.7 Å². The Kier molecular flexibility index (Phi) is 6.62. The fourth-order valence-corrected chi connectivity index (χ4v) is 2.94. The lowest BCUT2D eigenvalue weighted by Crippen LogP contribution is -2.39. The van der Waals surface area contributed by atoms with Gasteiger partial charge in [0.2, 0.25) is 5.91 Å². The SMILES string of the molecule is CCCC(C)NC(=O)CN(C)Cc1ccc2cc(OC)ccc2c1. The number of carbonyl (C=O) groups is 1. The highest BCUT2D eigenvalue weighted by Gasteiger charge is 2.10. The van der Waals surface area contributed by atoms with Crippen LogP contribution in [0.15, 0.2) is 36.4 Å². The number of likely N-dealkylation sites (N-methyl/N-ethyl adjacent to an activating group) is 1. The summed E-state index contributed by atoms with van der Waals surface area (Å²) in [5.41, 5.74) is 1.20. The molecule has 130 valence electrons. The molecule has 24 heavy (non-hydrogen) atoms. The number of nitrogens with one attached hydrogen (secondary N) is 1. The van der Waals surface area contributed by atoms with E-state index in [0.29, 0.717) is 6.54 Å². The van der Waals surface area contributed by atoms with E-state index in [9.17, 15) is 4.79 Å². The Morgan fingerprint density at radius 1 is 1.21 bits per heavy atom. The van der Waals surface area contributed by atoms with E-state index in [-0.39, 0.29) is 11.9 Å². The first-order chi connectivity index (χ1) is 11.5. The molecule has 2 aromatic carbocycles. The summed E-state index contributed by atoms with van der Waals surface area (Å²) in [6.07, 6.45) is 2.10. The van der Waals surface area contributed by atoms with Crippen molar-refractivity contribution in [2.24, 2.45) is 0 Å². The van der Waals surface area contributed by atoms with Crippen LogP contribution < -0.4 is 10.1 Å². The van der Waals surface area contributed by atoms with E-state index in [2.05, 4.69) is 43.4 Å². The molecule has 0 radical (unpaired) electrons. The maximum atomic E-state index is 12.0. The zero-order chi connectivity index (χ0) is 17.5. The normalized spacial score (nSPS) is 12.4. The second kappa shape index (κ2) is 8.69. The number of amides is 1. The largest absolute Gasteiger partial charge is 0.497 e. The van der Waals surface area contributed by atoms with Gasteiger partial charge in [-0.25, -0.2) is 0 Å². The van der Waals surface area contributed by atoms with Crippen LogP contribution in [0, 0.1) is 0 Å². The molecule has 0 saturated heterocycles. The van der Waals surface area contributed by atoms with E-state index >= 15 is 0 Å². The number of hydrogen-bond donors (Lipinski definition) is 1. The number of fused-ring (bicyclic) bond motifs is 1. The third-order valence-electron chi connectivity index (χ3n) is 4.11. The number of nitrogens with zero attached hydrogens (tertiary/aromatic N) is 1. The van der Waals surface area contributed by atoms with Gasteiger partial charge in [-0.15, -0.1) is 0 Å². The minimum atomic E-state index is 0.0870. The summed E-state index contributed by atoms with van der Waals surface area (Å²) in [6.45, 7) is 5.34. The number of benzene rings is 2.